The lowest BCUT2D eigenvalue weighted by molar-refractivity contribution is -0.174. The summed E-state index contributed by atoms with van der Waals surface area (Å²) in [5, 5.41) is 1.75. The van der Waals surface area contributed by atoms with Crippen LogP contribution in [0, 0.1) is 0 Å². The van der Waals surface area contributed by atoms with Crippen molar-refractivity contribution in [3.63, 3.8) is 0 Å². The zero-order valence-corrected chi connectivity index (χ0v) is 17.8. The largest absolute Gasteiger partial charge is 0.471 e. The summed E-state index contributed by atoms with van der Waals surface area (Å²) in [5.41, 5.74) is 6.59. The minimum atomic E-state index is -5.06. The molecule has 1 amide bonds. The first-order valence-corrected chi connectivity index (χ1v) is 11.1. The summed E-state index contributed by atoms with van der Waals surface area (Å²) in [6.07, 6.45) is -2.98. The fourth-order valence-corrected chi connectivity index (χ4v) is 3.57. The highest BCUT2D eigenvalue weighted by molar-refractivity contribution is 7.52. The third-order valence-electron chi connectivity index (χ3n) is 4.11. The summed E-state index contributed by atoms with van der Waals surface area (Å²) < 4.78 is 61.3. The SMILES string of the molecule is CCC[C@H](COP(=O)(O)CO[C@H](C)Cn1cnc2c(N)ncnc21)NC(=O)C(F)(F)F. The number of rotatable bonds is 11. The summed E-state index contributed by atoms with van der Waals surface area (Å²) in [7, 11) is -4.28. The van der Waals surface area contributed by atoms with E-state index in [-0.39, 0.29) is 18.8 Å². The van der Waals surface area contributed by atoms with Gasteiger partial charge in [-0.2, -0.15) is 13.2 Å². The molecule has 15 heteroatoms. The summed E-state index contributed by atoms with van der Waals surface area (Å²) >= 11 is 0. The minimum Gasteiger partial charge on any atom is -0.382 e. The Morgan fingerprint density at radius 3 is 2.74 bits per heavy atom. The molecular weight excluding hydrogens is 444 g/mol. The molecule has 0 saturated carbocycles. The highest BCUT2D eigenvalue weighted by atomic mass is 31.2. The van der Waals surface area contributed by atoms with Gasteiger partial charge in [-0.05, 0) is 13.3 Å². The third-order valence-corrected chi connectivity index (χ3v) is 5.14. The molecule has 0 aliphatic heterocycles. The average molecular weight is 468 g/mol. The number of alkyl halides is 3. The molecule has 174 valence electrons. The van der Waals surface area contributed by atoms with E-state index in [9.17, 15) is 27.4 Å². The first-order valence-electron chi connectivity index (χ1n) is 9.30. The van der Waals surface area contributed by atoms with Crippen molar-refractivity contribution in [2.45, 2.75) is 51.6 Å². The number of anilines is 1. The molecule has 0 spiro atoms. The van der Waals surface area contributed by atoms with Gasteiger partial charge in [0.05, 0.1) is 31.6 Å². The molecule has 0 fully saturated rings. The molecule has 0 saturated heterocycles. The molecule has 31 heavy (non-hydrogen) atoms. The van der Waals surface area contributed by atoms with Gasteiger partial charge >= 0.3 is 19.7 Å². The summed E-state index contributed by atoms with van der Waals surface area (Å²) in [6.45, 7) is 2.99. The van der Waals surface area contributed by atoms with Crippen LogP contribution in [0.5, 0.6) is 0 Å². The number of nitrogens with zero attached hydrogens (tertiary/aromatic N) is 4. The maximum atomic E-state index is 12.4. The van der Waals surface area contributed by atoms with Crippen molar-refractivity contribution in [2.75, 3.05) is 18.7 Å². The van der Waals surface area contributed by atoms with Gasteiger partial charge in [0.25, 0.3) is 0 Å². The van der Waals surface area contributed by atoms with Crippen molar-refractivity contribution in [1.82, 2.24) is 24.8 Å². The maximum Gasteiger partial charge on any atom is 0.471 e. The van der Waals surface area contributed by atoms with Gasteiger partial charge in [0.1, 0.15) is 18.2 Å². The molecule has 2 rings (SSSR count). The van der Waals surface area contributed by atoms with Crippen LogP contribution in [0.3, 0.4) is 0 Å². The van der Waals surface area contributed by atoms with Gasteiger partial charge < -0.3 is 29.8 Å². The highest BCUT2D eigenvalue weighted by Gasteiger charge is 2.39. The van der Waals surface area contributed by atoms with Crippen LogP contribution in [0.1, 0.15) is 26.7 Å². The van der Waals surface area contributed by atoms with E-state index in [0.29, 0.717) is 17.6 Å². The topological polar surface area (TPSA) is 154 Å². The number of hydrogen-bond donors (Lipinski definition) is 3. The van der Waals surface area contributed by atoms with Crippen molar-refractivity contribution in [3.8, 4) is 0 Å². The third kappa shape index (κ3) is 7.42. The Balaban J connectivity index is 1.87. The van der Waals surface area contributed by atoms with Crippen molar-refractivity contribution in [3.05, 3.63) is 12.7 Å². The molecule has 2 aromatic rings. The fraction of sp³-hybridized carbons (Fsp3) is 0.625. The molecule has 1 unspecified atom stereocenters. The first kappa shape index (κ1) is 25.0. The van der Waals surface area contributed by atoms with Crippen molar-refractivity contribution < 1.29 is 36.7 Å². The van der Waals surface area contributed by atoms with Gasteiger partial charge in [0.15, 0.2) is 11.5 Å². The second kappa shape index (κ2) is 10.4. The minimum absolute atomic E-state index is 0.137. The van der Waals surface area contributed by atoms with E-state index in [1.807, 2.05) is 0 Å². The normalized spacial score (nSPS) is 16.1. The van der Waals surface area contributed by atoms with Crippen LogP contribution in [0.2, 0.25) is 0 Å². The smallest absolute Gasteiger partial charge is 0.382 e. The molecular formula is C16H24F3N6O5P. The Labute approximate surface area is 175 Å². The Kier molecular flexibility index (Phi) is 8.34. The summed E-state index contributed by atoms with van der Waals surface area (Å²) in [4.78, 5) is 33.0. The second-order valence-corrected chi connectivity index (χ2v) is 8.62. The van der Waals surface area contributed by atoms with Gasteiger partial charge in [0.2, 0.25) is 0 Å². The van der Waals surface area contributed by atoms with Crippen LogP contribution in [-0.2, 0) is 25.2 Å². The molecule has 3 atom stereocenters. The number of halogens is 3. The van der Waals surface area contributed by atoms with Crippen molar-refractivity contribution in [2.24, 2.45) is 0 Å². The number of aromatic nitrogens is 4. The van der Waals surface area contributed by atoms with E-state index in [2.05, 4.69) is 15.0 Å². The molecule has 11 nitrogen and oxygen atoms in total. The number of imidazole rings is 1. The average Bonchev–Trinajstić information content (AvgIpc) is 3.08. The maximum absolute atomic E-state index is 12.4. The predicted molar refractivity (Wildman–Crippen MR) is 104 cm³/mol. The number of fused-ring (bicyclic) bond motifs is 1. The first-order chi connectivity index (χ1) is 14.4. The number of carbonyl (C=O) groups is 1. The quantitative estimate of drug-likeness (QED) is 0.419. The fourth-order valence-electron chi connectivity index (χ4n) is 2.64. The van der Waals surface area contributed by atoms with E-state index in [1.165, 1.54) is 12.7 Å². The van der Waals surface area contributed by atoms with E-state index in [1.54, 1.807) is 23.7 Å². The summed E-state index contributed by atoms with van der Waals surface area (Å²) in [6, 6.07) is -1.07. The van der Waals surface area contributed by atoms with Gasteiger partial charge in [-0.15, -0.1) is 0 Å². The Morgan fingerprint density at radius 2 is 2.10 bits per heavy atom. The van der Waals surface area contributed by atoms with Crippen molar-refractivity contribution >= 4 is 30.5 Å². The van der Waals surface area contributed by atoms with Crippen LogP contribution < -0.4 is 11.1 Å². The number of carbonyl (C=O) groups excluding carboxylic acids is 1. The van der Waals surface area contributed by atoms with Crippen LogP contribution in [0.25, 0.3) is 11.2 Å². The lowest BCUT2D eigenvalue weighted by Crippen LogP contribution is -2.45. The molecule has 0 radical (unpaired) electrons. The van der Waals surface area contributed by atoms with Gasteiger partial charge in [-0.1, -0.05) is 13.3 Å². The Hall–Kier alpha value is -2.28. The van der Waals surface area contributed by atoms with Gasteiger partial charge in [0, 0.05) is 0 Å². The number of ether oxygens (including phenoxy) is 1. The lowest BCUT2D eigenvalue weighted by atomic mass is 10.2. The van der Waals surface area contributed by atoms with E-state index in [4.69, 9.17) is 15.0 Å². The Morgan fingerprint density at radius 1 is 1.39 bits per heavy atom. The zero-order chi connectivity index (χ0) is 23.2. The second-order valence-electron chi connectivity index (χ2n) is 6.82. The number of nitrogen functional groups attached to an aromatic ring is 1. The molecule has 2 aromatic heterocycles. The van der Waals surface area contributed by atoms with Gasteiger partial charge in [-0.25, -0.2) is 15.0 Å². The number of hydrogen-bond acceptors (Lipinski definition) is 8. The van der Waals surface area contributed by atoms with Crippen LogP contribution in [0.15, 0.2) is 12.7 Å². The molecule has 0 bridgehead atoms. The van der Waals surface area contributed by atoms with E-state index < -0.39 is 44.8 Å². The van der Waals surface area contributed by atoms with Crippen LogP contribution in [-0.4, -0.2) is 61.6 Å². The zero-order valence-electron chi connectivity index (χ0n) is 16.9. The predicted octanol–water partition coefficient (Wildman–Crippen LogP) is 1.82. The van der Waals surface area contributed by atoms with E-state index >= 15 is 0 Å². The van der Waals surface area contributed by atoms with Crippen LogP contribution in [0.4, 0.5) is 19.0 Å². The highest BCUT2D eigenvalue weighted by Crippen LogP contribution is 2.42. The molecule has 4 N–H and O–H groups in total. The number of nitrogens with one attached hydrogen (secondary N) is 1. The Bertz CT molecular complexity index is 940. The van der Waals surface area contributed by atoms with E-state index in [0.717, 1.165) is 0 Å². The molecule has 0 aliphatic rings. The van der Waals surface area contributed by atoms with Crippen LogP contribution >= 0.6 is 7.60 Å². The number of nitrogens with two attached hydrogens (primary N) is 1. The monoisotopic (exact) mass is 468 g/mol. The lowest BCUT2D eigenvalue weighted by Gasteiger charge is -2.22. The van der Waals surface area contributed by atoms with Gasteiger partial charge in [-0.3, -0.25) is 9.36 Å². The molecule has 0 aromatic carbocycles. The molecule has 2 heterocycles. The summed E-state index contributed by atoms with van der Waals surface area (Å²) in [5.74, 6) is -1.92. The molecule has 0 aliphatic carbocycles. The van der Waals surface area contributed by atoms with Crippen molar-refractivity contribution in [1.29, 1.82) is 0 Å². The number of amides is 1. The standard InChI is InChI=1S/C16H24F3N6O5P/c1-3-4-11(24-15(26)16(17,18)19)6-30-31(27,28)9-29-10(2)5-25-8-23-12-13(20)21-7-22-14(12)25/h7-8,10-11H,3-6,9H2,1-2H3,(H,24,26)(H,27,28)(H2,20,21,22)/t10-,11-/m1/s1.